The number of nitrogens with two attached hydrogens (primary N) is 1. The average Bonchev–Trinajstić information content (AvgIpc) is 3.16. The summed E-state index contributed by atoms with van der Waals surface area (Å²) in [7, 11) is 0. The van der Waals surface area contributed by atoms with Crippen molar-refractivity contribution in [3.05, 3.63) is 28.8 Å². The van der Waals surface area contributed by atoms with Crippen molar-refractivity contribution in [2.24, 2.45) is 0 Å². The van der Waals surface area contributed by atoms with E-state index in [0.717, 1.165) is 32.3 Å². The second-order valence-corrected chi connectivity index (χ2v) is 10.8. The van der Waals surface area contributed by atoms with Gasteiger partial charge in [0.15, 0.2) is 5.82 Å². The molecule has 0 aliphatic carbocycles. The van der Waals surface area contributed by atoms with Crippen molar-refractivity contribution in [1.29, 1.82) is 0 Å². The summed E-state index contributed by atoms with van der Waals surface area (Å²) in [6, 6.07) is 0.960. The molecule has 7 rings (SSSR count). The number of halogens is 5. The van der Waals surface area contributed by atoms with Crippen LogP contribution in [0.1, 0.15) is 37.3 Å². The van der Waals surface area contributed by atoms with Gasteiger partial charge in [0.05, 0.1) is 17.3 Å². The average molecular weight is 548 g/mol. The maximum Gasteiger partial charge on any atom is 0.417 e. The number of benzene rings is 1. The molecular weight excluding hydrogens is 521 g/mol. The Morgan fingerprint density at radius 3 is 2.56 bits per heavy atom. The molecule has 0 amide bonds. The zero-order chi connectivity index (χ0) is 27.4. The van der Waals surface area contributed by atoms with E-state index in [2.05, 4.69) is 20.2 Å². The monoisotopic (exact) mass is 547 g/mol. The van der Waals surface area contributed by atoms with Gasteiger partial charge in [0.25, 0.3) is 0 Å². The van der Waals surface area contributed by atoms with Crippen LogP contribution in [0.5, 0.6) is 5.88 Å². The van der Waals surface area contributed by atoms with Gasteiger partial charge in [0.1, 0.15) is 34.3 Å². The highest BCUT2D eigenvalue weighted by atomic mass is 19.4. The molecule has 2 bridgehead atoms. The topological polar surface area (TPSA) is 92.4 Å². The molecule has 4 aliphatic rings. The number of aromatic nitrogens is 3. The minimum Gasteiger partial charge on any atom is -0.472 e. The lowest BCUT2D eigenvalue weighted by Gasteiger charge is -2.43. The molecule has 4 atom stereocenters. The first-order chi connectivity index (χ1) is 18.5. The molecule has 39 heavy (non-hydrogen) atoms. The normalized spacial score (nSPS) is 25.8. The number of nitrogen functional groups attached to an aromatic ring is 1. The van der Waals surface area contributed by atoms with Gasteiger partial charge in [0.2, 0.25) is 11.8 Å². The minimum absolute atomic E-state index is 0.0574. The van der Waals surface area contributed by atoms with Gasteiger partial charge in [-0.3, -0.25) is 0 Å². The maximum absolute atomic E-state index is 16.4. The predicted octanol–water partition coefficient (Wildman–Crippen LogP) is 4.18. The Kier molecular flexibility index (Phi) is 5.20. The van der Waals surface area contributed by atoms with Gasteiger partial charge >= 0.3 is 6.18 Å². The SMILES string of the molecule is Cc1c(F)c(N)cc(-c2nc3c4c(nc(N5CCC5)nc4c2F)N2C[C@H]4CC[C@H](N4)[C@H]2[C@H](C)O3)c1C(F)(F)F. The number of hydrogen-bond donors (Lipinski definition) is 2. The van der Waals surface area contributed by atoms with Crippen molar-refractivity contribution in [1.82, 2.24) is 20.3 Å². The molecule has 3 N–H and O–H groups in total. The van der Waals surface area contributed by atoms with Crippen molar-refractivity contribution in [3.63, 3.8) is 0 Å². The number of rotatable bonds is 2. The van der Waals surface area contributed by atoms with Crippen molar-refractivity contribution >= 4 is 28.4 Å². The van der Waals surface area contributed by atoms with Gasteiger partial charge in [-0.1, -0.05) is 0 Å². The second-order valence-electron chi connectivity index (χ2n) is 10.8. The Morgan fingerprint density at radius 1 is 1.10 bits per heavy atom. The van der Waals surface area contributed by atoms with Crippen molar-refractivity contribution < 1.29 is 26.7 Å². The van der Waals surface area contributed by atoms with E-state index in [0.29, 0.717) is 31.4 Å². The number of nitrogens with zero attached hydrogens (tertiary/aromatic N) is 5. The third kappa shape index (κ3) is 3.54. The van der Waals surface area contributed by atoms with Crippen LogP contribution in [-0.4, -0.2) is 58.8 Å². The maximum atomic E-state index is 16.4. The summed E-state index contributed by atoms with van der Waals surface area (Å²) >= 11 is 0. The first-order valence-electron chi connectivity index (χ1n) is 13.0. The highest BCUT2D eigenvalue weighted by Gasteiger charge is 2.47. The molecule has 8 nitrogen and oxygen atoms in total. The molecule has 2 aromatic heterocycles. The number of hydrogen-bond acceptors (Lipinski definition) is 8. The number of nitrogens with one attached hydrogen (secondary N) is 1. The van der Waals surface area contributed by atoms with E-state index in [4.69, 9.17) is 15.5 Å². The summed E-state index contributed by atoms with van der Waals surface area (Å²) in [5, 5.41) is 3.83. The Balaban J connectivity index is 1.53. The molecule has 1 aromatic carbocycles. The smallest absolute Gasteiger partial charge is 0.417 e. The molecule has 206 valence electrons. The molecule has 3 aromatic rings. The third-order valence-electron chi connectivity index (χ3n) is 8.44. The number of alkyl halides is 3. The minimum atomic E-state index is -5.00. The zero-order valence-corrected chi connectivity index (χ0v) is 21.2. The van der Waals surface area contributed by atoms with Crippen LogP contribution in [0.2, 0.25) is 0 Å². The number of ether oxygens (including phenoxy) is 1. The number of anilines is 3. The van der Waals surface area contributed by atoms with Gasteiger partial charge in [-0.2, -0.15) is 18.2 Å². The lowest BCUT2D eigenvalue weighted by Crippen LogP contribution is -2.62. The fraction of sp³-hybridized carbons (Fsp3) is 0.500. The van der Waals surface area contributed by atoms with Gasteiger partial charge in [0, 0.05) is 37.3 Å². The summed E-state index contributed by atoms with van der Waals surface area (Å²) < 4.78 is 79.9. The number of piperazine rings is 1. The highest BCUT2D eigenvalue weighted by Crippen LogP contribution is 2.47. The van der Waals surface area contributed by atoms with Crippen LogP contribution in [0.4, 0.5) is 39.4 Å². The van der Waals surface area contributed by atoms with Gasteiger partial charge in [-0.05, 0) is 44.7 Å². The Bertz CT molecular complexity index is 1530. The van der Waals surface area contributed by atoms with Crippen LogP contribution in [0.25, 0.3) is 22.2 Å². The first kappa shape index (κ1) is 24.6. The number of pyridine rings is 1. The second kappa shape index (κ2) is 8.26. The first-order valence-corrected chi connectivity index (χ1v) is 13.0. The van der Waals surface area contributed by atoms with E-state index in [9.17, 15) is 17.6 Å². The fourth-order valence-electron chi connectivity index (χ4n) is 6.51. The van der Waals surface area contributed by atoms with Crippen LogP contribution in [0, 0.1) is 18.6 Å². The molecule has 0 unspecified atom stereocenters. The molecule has 0 spiro atoms. The summed E-state index contributed by atoms with van der Waals surface area (Å²) in [6.07, 6.45) is -2.60. The molecule has 0 radical (unpaired) electrons. The summed E-state index contributed by atoms with van der Waals surface area (Å²) in [5.74, 6) is -1.57. The van der Waals surface area contributed by atoms with Gasteiger partial charge in [-0.25, -0.2) is 18.7 Å². The largest absolute Gasteiger partial charge is 0.472 e. The lowest BCUT2D eigenvalue weighted by atomic mass is 9.96. The highest BCUT2D eigenvalue weighted by molar-refractivity contribution is 5.98. The quantitative estimate of drug-likeness (QED) is 0.365. The standard InChI is InChI=1S/C26H26F5N7O/c1-10-17(26(29,30)31)13(8-14(32)18(10)27)20-19(28)21-16-23(36-25(35-21)37-6-3-7-37)38-9-12-4-5-15(33-12)22(38)11(2)39-24(16)34-20/h8,11-12,15,22,33H,3-7,9,32H2,1-2H3/t11-,12+,15-,22+/m0/s1. The van der Waals surface area contributed by atoms with Crippen molar-refractivity contribution in [2.45, 2.75) is 63.5 Å². The van der Waals surface area contributed by atoms with Gasteiger partial charge < -0.3 is 25.6 Å². The summed E-state index contributed by atoms with van der Waals surface area (Å²) in [6.45, 7) is 4.83. The molecule has 13 heteroatoms. The van der Waals surface area contributed by atoms with Crippen LogP contribution in [0.3, 0.4) is 0 Å². The van der Waals surface area contributed by atoms with E-state index < -0.39 is 52.0 Å². The van der Waals surface area contributed by atoms with Crippen LogP contribution in [-0.2, 0) is 6.18 Å². The zero-order valence-electron chi connectivity index (χ0n) is 21.2. The number of fused-ring (bicyclic) bond motifs is 5. The lowest BCUT2D eigenvalue weighted by molar-refractivity contribution is -0.137. The van der Waals surface area contributed by atoms with Crippen LogP contribution >= 0.6 is 0 Å². The predicted molar refractivity (Wildman–Crippen MR) is 135 cm³/mol. The summed E-state index contributed by atoms with van der Waals surface area (Å²) in [4.78, 5) is 17.7. The van der Waals surface area contributed by atoms with Crippen molar-refractivity contribution in [3.8, 4) is 17.1 Å². The fourth-order valence-corrected chi connectivity index (χ4v) is 6.51. The van der Waals surface area contributed by atoms with E-state index in [-0.39, 0.29) is 34.9 Å². The van der Waals surface area contributed by atoms with E-state index in [1.807, 2.05) is 11.8 Å². The Labute approximate surface area is 220 Å². The molecule has 0 saturated carbocycles. The molecule has 4 aliphatic heterocycles. The Morgan fingerprint density at radius 2 is 1.87 bits per heavy atom. The van der Waals surface area contributed by atoms with E-state index in [1.54, 1.807) is 0 Å². The van der Waals surface area contributed by atoms with Crippen LogP contribution in [0.15, 0.2) is 6.07 Å². The summed E-state index contributed by atoms with van der Waals surface area (Å²) in [5.41, 5.74) is 1.60. The Hall–Kier alpha value is -3.48. The molecule has 6 heterocycles. The third-order valence-corrected chi connectivity index (χ3v) is 8.44. The van der Waals surface area contributed by atoms with E-state index in [1.165, 1.54) is 0 Å². The van der Waals surface area contributed by atoms with Crippen LogP contribution < -0.4 is 25.6 Å². The molecule has 3 saturated heterocycles. The van der Waals surface area contributed by atoms with E-state index >= 15 is 4.39 Å². The molecule has 3 fully saturated rings. The molecular formula is C26H26F5N7O. The van der Waals surface area contributed by atoms with Crippen molar-refractivity contribution in [2.75, 3.05) is 35.2 Å². The van der Waals surface area contributed by atoms with Gasteiger partial charge in [-0.15, -0.1) is 0 Å².